The highest BCUT2D eigenvalue weighted by molar-refractivity contribution is 5.70. The van der Waals surface area contributed by atoms with Crippen LogP contribution in [0.4, 0.5) is 11.5 Å². The van der Waals surface area contributed by atoms with Gasteiger partial charge in [-0.05, 0) is 18.9 Å². The van der Waals surface area contributed by atoms with Crippen molar-refractivity contribution < 1.29 is 0 Å². The van der Waals surface area contributed by atoms with Crippen LogP contribution in [0.5, 0.6) is 0 Å². The second-order valence-corrected chi connectivity index (χ2v) is 3.79. The molecule has 0 fully saturated rings. The zero-order valence-electron chi connectivity index (χ0n) is 10.1. The summed E-state index contributed by atoms with van der Waals surface area (Å²) in [5.41, 5.74) is 6.88. The number of nitrogens with zero attached hydrogens (tertiary/aromatic N) is 3. The Balaban J connectivity index is 3.09. The molecule has 0 spiro atoms. The SMILES string of the molecule is CCC(CC)N(C)c1nccc(C#N)c1N. The molecule has 1 aromatic heterocycles. The quantitative estimate of drug-likeness (QED) is 0.841. The lowest BCUT2D eigenvalue weighted by atomic mass is 10.1. The first-order valence-electron chi connectivity index (χ1n) is 5.53. The minimum absolute atomic E-state index is 0.406. The molecule has 4 heteroatoms. The van der Waals surface area contributed by atoms with E-state index in [-0.39, 0.29) is 0 Å². The van der Waals surface area contributed by atoms with Crippen molar-refractivity contribution in [1.29, 1.82) is 5.26 Å². The number of pyridine rings is 1. The van der Waals surface area contributed by atoms with Crippen LogP contribution in [0, 0.1) is 11.3 Å². The number of nitrogen functional groups attached to an aromatic ring is 1. The fraction of sp³-hybridized carbons (Fsp3) is 0.500. The van der Waals surface area contributed by atoms with Gasteiger partial charge in [-0.25, -0.2) is 4.98 Å². The maximum Gasteiger partial charge on any atom is 0.153 e. The summed E-state index contributed by atoms with van der Waals surface area (Å²) in [6.45, 7) is 4.27. The van der Waals surface area contributed by atoms with Gasteiger partial charge in [0.25, 0.3) is 0 Å². The van der Waals surface area contributed by atoms with E-state index in [9.17, 15) is 0 Å². The van der Waals surface area contributed by atoms with Gasteiger partial charge in [0.2, 0.25) is 0 Å². The van der Waals surface area contributed by atoms with Gasteiger partial charge in [0.1, 0.15) is 6.07 Å². The topological polar surface area (TPSA) is 65.9 Å². The first-order chi connectivity index (χ1) is 7.65. The standard InChI is InChI=1S/C12H18N4/c1-4-10(5-2)16(3)12-11(14)9(8-13)6-7-15-12/h6-7,10H,4-5,14H2,1-3H3. The minimum Gasteiger partial charge on any atom is -0.395 e. The molecule has 0 radical (unpaired) electrons. The third kappa shape index (κ3) is 2.25. The number of aromatic nitrogens is 1. The molecule has 0 aliphatic carbocycles. The fourth-order valence-electron chi connectivity index (χ4n) is 1.85. The summed E-state index contributed by atoms with van der Waals surface area (Å²) in [5, 5.41) is 8.90. The van der Waals surface area contributed by atoms with E-state index in [4.69, 9.17) is 11.0 Å². The van der Waals surface area contributed by atoms with Gasteiger partial charge < -0.3 is 10.6 Å². The lowest BCUT2D eigenvalue weighted by molar-refractivity contribution is 0.587. The maximum absolute atomic E-state index is 8.90. The maximum atomic E-state index is 8.90. The van der Waals surface area contributed by atoms with Crippen molar-refractivity contribution in [2.24, 2.45) is 0 Å². The molecule has 0 atom stereocenters. The van der Waals surface area contributed by atoms with Crippen LogP contribution in [-0.2, 0) is 0 Å². The zero-order chi connectivity index (χ0) is 12.1. The number of rotatable bonds is 4. The molecular weight excluding hydrogens is 200 g/mol. The lowest BCUT2D eigenvalue weighted by Crippen LogP contribution is -2.31. The summed E-state index contributed by atoms with van der Waals surface area (Å²) in [6, 6.07) is 4.12. The summed E-state index contributed by atoms with van der Waals surface area (Å²) in [5.74, 6) is 0.702. The van der Waals surface area contributed by atoms with Crippen molar-refractivity contribution in [2.45, 2.75) is 32.7 Å². The Bertz CT molecular complexity index is 390. The van der Waals surface area contributed by atoms with Crippen molar-refractivity contribution >= 4 is 11.5 Å². The fourth-order valence-corrected chi connectivity index (χ4v) is 1.85. The van der Waals surface area contributed by atoms with Crippen molar-refractivity contribution in [2.75, 3.05) is 17.7 Å². The van der Waals surface area contributed by atoms with E-state index < -0.39 is 0 Å². The summed E-state index contributed by atoms with van der Waals surface area (Å²) in [6.07, 6.45) is 3.69. The molecule has 0 saturated carbocycles. The Labute approximate surface area is 96.7 Å². The molecule has 0 aromatic carbocycles. The van der Waals surface area contributed by atoms with Gasteiger partial charge in [-0.1, -0.05) is 13.8 Å². The number of hydrogen-bond donors (Lipinski definition) is 1. The van der Waals surface area contributed by atoms with Gasteiger partial charge in [0.15, 0.2) is 5.82 Å². The Kier molecular flexibility index (Phi) is 4.12. The van der Waals surface area contributed by atoms with Crippen LogP contribution >= 0.6 is 0 Å². The van der Waals surface area contributed by atoms with E-state index in [0.29, 0.717) is 23.1 Å². The molecule has 0 saturated heterocycles. The van der Waals surface area contributed by atoms with Gasteiger partial charge in [-0.3, -0.25) is 0 Å². The summed E-state index contributed by atoms with van der Waals surface area (Å²) in [7, 11) is 1.97. The van der Waals surface area contributed by atoms with Crippen LogP contribution in [0.2, 0.25) is 0 Å². The van der Waals surface area contributed by atoms with Gasteiger partial charge in [0.05, 0.1) is 11.3 Å². The number of nitrogens with two attached hydrogens (primary N) is 1. The predicted molar refractivity (Wildman–Crippen MR) is 66.1 cm³/mol. The van der Waals surface area contributed by atoms with E-state index in [2.05, 4.69) is 29.8 Å². The molecule has 0 unspecified atom stereocenters. The van der Waals surface area contributed by atoms with Crippen molar-refractivity contribution in [3.05, 3.63) is 17.8 Å². The first kappa shape index (κ1) is 12.3. The minimum atomic E-state index is 0.406. The smallest absolute Gasteiger partial charge is 0.153 e. The highest BCUT2D eigenvalue weighted by Crippen LogP contribution is 2.25. The zero-order valence-corrected chi connectivity index (χ0v) is 10.1. The largest absolute Gasteiger partial charge is 0.395 e. The van der Waals surface area contributed by atoms with Gasteiger partial charge in [-0.15, -0.1) is 0 Å². The lowest BCUT2D eigenvalue weighted by Gasteiger charge is -2.28. The third-order valence-corrected chi connectivity index (χ3v) is 2.91. The number of anilines is 2. The van der Waals surface area contributed by atoms with Crippen LogP contribution in [0.15, 0.2) is 12.3 Å². The van der Waals surface area contributed by atoms with Crippen LogP contribution in [-0.4, -0.2) is 18.1 Å². The average molecular weight is 218 g/mol. The summed E-state index contributed by atoms with van der Waals surface area (Å²) in [4.78, 5) is 6.31. The second-order valence-electron chi connectivity index (χ2n) is 3.79. The average Bonchev–Trinajstić information content (AvgIpc) is 2.30. The summed E-state index contributed by atoms with van der Waals surface area (Å²) < 4.78 is 0. The number of hydrogen-bond acceptors (Lipinski definition) is 4. The second kappa shape index (κ2) is 5.36. The first-order valence-corrected chi connectivity index (χ1v) is 5.53. The highest BCUT2D eigenvalue weighted by Gasteiger charge is 2.16. The van der Waals surface area contributed by atoms with Crippen molar-refractivity contribution in [3.8, 4) is 6.07 Å². The van der Waals surface area contributed by atoms with Gasteiger partial charge in [-0.2, -0.15) is 5.26 Å². The molecule has 4 nitrogen and oxygen atoms in total. The number of nitriles is 1. The van der Waals surface area contributed by atoms with Crippen LogP contribution in [0.3, 0.4) is 0 Å². The molecule has 0 bridgehead atoms. The third-order valence-electron chi connectivity index (χ3n) is 2.91. The molecule has 0 aliphatic heterocycles. The molecule has 0 amide bonds. The Morgan fingerprint density at radius 1 is 1.50 bits per heavy atom. The molecule has 1 rings (SSSR count). The Morgan fingerprint density at radius 2 is 2.12 bits per heavy atom. The predicted octanol–water partition coefficient (Wildman–Crippen LogP) is 2.16. The normalized spacial score (nSPS) is 10.2. The van der Waals surface area contributed by atoms with E-state index in [0.717, 1.165) is 12.8 Å². The van der Waals surface area contributed by atoms with Crippen LogP contribution in [0.25, 0.3) is 0 Å². The molecule has 0 aliphatic rings. The van der Waals surface area contributed by atoms with Crippen molar-refractivity contribution in [1.82, 2.24) is 4.98 Å². The Morgan fingerprint density at radius 3 is 2.62 bits per heavy atom. The molecule has 1 aromatic rings. The molecule has 86 valence electrons. The van der Waals surface area contributed by atoms with E-state index in [1.165, 1.54) is 0 Å². The highest BCUT2D eigenvalue weighted by atomic mass is 15.2. The molecule has 16 heavy (non-hydrogen) atoms. The van der Waals surface area contributed by atoms with Gasteiger partial charge >= 0.3 is 0 Å². The Hall–Kier alpha value is -1.76. The van der Waals surface area contributed by atoms with Crippen molar-refractivity contribution in [3.63, 3.8) is 0 Å². The molecule has 2 N–H and O–H groups in total. The van der Waals surface area contributed by atoms with Crippen LogP contribution < -0.4 is 10.6 Å². The monoisotopic (exact) mass is 218 g/mol. The van der Waals surface area contributed by atoms with E-state index in [1.807, 2.05) is 7.05 Å². The summed E-state index contributed by atoms with van der Waals surface area (Å²) >= 11 is 0. The van der Waals surface area contributed by atoms with Crippen LogP contribution in [0.1, 0.15) is 32.3 Å². The molecule has 1 heterocycles. The van der Waals surface area contributed by atoms with Gasteiger partial charge in [0, 0.05) is 19.3 Å². The van der Waals surface area contributed by atoms with E-state index in [1.54, 1.807) is 12.3 Å². The van der Waals surface area contributed by atoms with E-state index >= 15 is 0 Å². The molecular formula is C12H18N4.